The van der Waals surface area contributed by atoms with Gasteiger partial charge in [-0.2, -0.15) is 0 Å². The minimum Gasteiger partial charge on any atom is -0.469 e. The van der Waals surface area contributed by atoms with Crippen LogP contribution in [0, 0.1) is 0 Å². The fourth-order valence-electron chi connectivity index (χ4n) is 2.53. The molecule has 1 aromatic rings. The Hall–Kier alpha value is -2.20. The Morgan fingerprint density at radius 2 is 2.05 bits per heavy atom. The Bertz CT molecular complexity index is 598. The molecule has 1 aliphatic carbocycles. The zero-order valence-electron chi connectivity index (χ0n) is 12.0. The molecule has 0 saturated heterocycles. The summed E-state index contributed by atoms with van der Waals surface area (Å²) in [7, 11) is 1.31. The van der Waals surface area contributed by atoms with Crippen molar-refractivity contribution in [3.05, 3.63) is 53.6 Å². The average molecular weight is 286 g/mol. The lowest BCUT2D eigenvalue weighted by Gasteiger charge is -2.13. The van der Waals surface area contributed by atoms with Crippen molar-refractivity contribution in [2.24, 2.45) is 0 Å². The molecular weight excluding hydrogens is 268 g/mol. The topological polar surface area (TPSA) is 63.6 Å². The monoisotopic (exact) mass is 286 g/mol. The highest BCUT2D eigenvalue weighted by atomic mass is 16.5. The fraction of sp³-hybridized carbons (Fsp3) is 0.294. The molecule has 4 heteroatoms. The van der Waals surface area contributed by atoms with Gasteiger partial charge in [0.25, 0.3) is 0 Å². The van der Waals surface area contributed by atoms with Crippen molar-refractivity contribution in [2.75, 3.05) is 7.11 Å². The van der Waals surface area contributed by atoms with Crippen LogP contribution in [0.1, 0.15) is 24.8 Å². The molecule has 2 rings (SSSR count). The number of benzene rings is 1. The van der Waals surface area contributed by atoms with Gasteiger partial charge in [0.15, 0.2) is 5.78 Å². The predicted octanol–water partition coefficient (Wildman–Crippen LogP) is 2.28. The molecule has 21 heavy (non-hydrogen) atoms. The van der Waals surface area contributed by atoms with Gasteiger partial charge in [0, 0.05) is 18.4 Å². The average Bonchev–Trinajstić information content (AvgIpc) is 2.78. The third-order valence-electron chi connectivity index (χ3n) is 3.63. The second-order valence-electron chi connectivity index (χ2n) is 4.96. The first-order chi connectivity index (χ1) is 10.0. The molecule has 4 nitrogen and oxygen atoms in total. The number of carbonyl (C=O) groups excluding carboxylic acids is 2. The van der Waals surface area contributed by atoms with Gasteiger partial charge in [0.1, 0.15) is 0 Å². The van der Waals surface area contributed by atoms with Crippen molar-refractivity contribution in [3.8, 4) is 0 Å². The number of aliphatic hydroxyl groups excluding tert-OH is 1. The van der Waals surface area contributed by atoms with Crippen LogP contribution in [0.4, 0.5) is 0 Å². The lowest BCUT2D eigenvalue weighted by Crippen LogP contribution is -2.07. The molecule has 0 spiro atoms. The van der Waals surface area contributed by atoms with E-state index in [9.17, 15) is 14.7 Å². The Morgan fingerprint density at radius 3 is 2.67 bits per heavy atom. The number of ether oxygens (including phenoxy) is 1. The van der Waals surface area contributed by atoms with Crippen molar-refractivity contribution < 1.29 is 19.4 Å². The molecule has 0 radical (unpaired) electrons. The van der Waals surface area contributed by atoms with E-state index in [0.717, 1.165) is 5.56 Å². The molecule has 0 saturated carbocycles. The van der Waals surface area contributed by atoms with E-state index in [2.05, 4.69) is 11.3 Å². The molecule has 0 heterocycles. The van der Waals surface area contributed by atoms with Crippen molar-refractivity contribution in [1.29, 1.82) is 0 Å². The fourth-order valence-corrected chi connectivity index (χ4v) is 2.53. The van der Waals surface area contributed by atoms with Crippen molar-refractivity contribution in [3.63, 3.8) is 0 Å². The molecule has 0 bridgehead atoms. The summed E-state index contributed by atoms with van der Waals surface area (Å²) in [5.41, 5.74) is 2.53. The molecular formula is C17H18O4. The maximum atomic E-state index is 12.0. The number of hydrogen-bond donors (Lipinski definition) is 1. The molecule has 1 unspecified atom stereocenters. The highest BCUT2D eigenvalue weighted by molar-refractivity contribution is 6.04. The maximum absolute atomic E-state index is 12.0. The van der Waals surface area contributed by atoms with E-state index >= 15 is 0 Å². The summed E-state index contributed by atoms with van der Waals surface area (Å²) >= 11 is 0. The standard InChI is InChI=1S/C17H18O4/c1-11(12-6-4-3-5-7-12)17-13(8-9-16(20)21-2)14(18)10-15(17)19/h3-7,15,19H,1,8-10H2,2H3. The summed E-state index contributed by atoms with van der Waals surface area (Å²) in [5, 5.41) is 10.1. The van der Waals surface area contributed by atoms with Crippen molar-refractivity contribution >= 4 is 17.3 Å². The van der Waals surface area contributed by atoms with Gasteiger partial charge < -0.3 is 9.84 Å². The second kappa shape index (κ2) is 6.50. The molecule has 1 aromatic carbocycles. The third-order valence-corrected chi connectivity index (χ3v) is 3.63. The lowest BCUT2D eigenvalue weighted by atomic mass is 9.93. The van der Waals surface area contributed by atoms with E-state index < -0.39 is 6.10 Å². The normalized spacial score (nSPS) is 18.0. The Kier molecular flexibility index (Phi) is 4.70. The van der Waals surface area contributed by atoms with Crippen LogP contribution in [0.15, 0.2) is 48.1 Å². The van der Waals surface area contributed by atoms with Gasteiger partial charge in [-0.05, 0) is 23.1 Å². The molecule has 1 N–H and O–H groups in total. The van der Waals surface area contributed by atoms with Crippen LogP contribution >= 0.6 is 0 Å². The van der Waals surface area contributed by atoms with Gasteiger partial charge in [0.05, 0.1) is 13.2 Å². The number of hydrogen-bond acceptors (Lipinski definition) is 4. The maximum Gasteiger partial charge on any atom is 0.305 e. The SMILES string of the molecule is C=C(C1=C(CCC(=O)OC)C(=O)CC1O)c1ccccc1. The molecule has 0 amide bonds. The Labute approximate surface area is 123 Å². The van der Waals surface area contributed by atoms with Gasteiger partial charge in [-0.15, -0.1) is 0 Å². The highest BCUT2D eigenvalue weighted by Gasteiger charge is 2.32. The first-order valence-corrected chi connectivity index (χ1v) is 6.80. The molecule has 1 atom stereocenters. The summed E-state index contributed by atoms with van der Waals surface area (Å²) in [4.78, 5) is 23.3. The van der Waals surface area contributed by atoms with Gasteiger partial charge in [-0.3, -0.25) is 9.59 Å². The Morgan fingerprint density at radius 1 is 1.38 bits per heavy atom. The number of methoxy groups -OCH3 is 1. The number of carbonyl (C=O) groups is 2. The number of aliphatic hydroxyl groups is 1. The predicted molar refractivity (Wildman–Crippen MR) is 79.4 cm³/mol. The summed E-state index contributed by atoms with van der Waals surface area (Å²) in [5.74, 6) is -0.500. The minimum absolute atomic E-state index is 0.0533. The number of esters is 1. The second-order valence-corrected chi connectivity index (χ2v) is 4.96. The number of rotatable bonds is 5. The molecule has 0 aliphatic heterocycles. The smallest absolute Gasteiger partial charge is 0.305 e. The number of allylic oxidation sites excluding steroid dienone is 1. The van der Waals surface area contributed by atoms with Crippen LogP contribution in [0.2, 0.25) is 0 Å². The van der Waals surface area contributed by atoms with Gasteiger partial charge in [0.2, 0.25) is 0 Å². The van der Waals surface area contributed by atoms with E-state index in [1.54, 1.807) is 0 Å². The molecule has 0 fully saturated rings. The highest BCUT2D eigenvalue weighted by Crippen LogP contribution is 2.35. The van der Waals surface area contributed by atoms with Gasteiger partial charge in [-0.25, -0.2) is 0 Å². The third kappa shape index (κ3) is 3.28. The van der Waals surface area contributed by atoms with E-state index in [-0.39, 0.29) is 31.0 Å². The number of ketones is 1. The molecule has 1 aliphatic rings. The van der Waals surface area contributed by atoms with E-state index in [0.29, 0.717) is 16.7 Å². The summed E-state index contributed by atoms with van der Waals surface area (Å²) in [6.45, 7) is 4.00. The van der Waals surface area contributed by atoms with Crippen LogP contribution in [0.3, 0.4) is 0 Å². The van der Waals surface area contributed by atoms with Crippen LogP contribution in [-0.2, 0) is 14.3 Å². The zero-order valence-corrected chi connectivity index (χ0v) is 12.0. The molecule has 110 valence electrons. The van der Waals surface area contributed by atoms with Crippen molar-refractivity contribution in [1.82, 2.24) is 0 Å². The first-order valence-electron chi connectivity index (χ1n) is 6.80. The van der Waals surface area contributed by atoms with Crippen LogP contribution in [0.25, 0.3) is 5.57 Å². The quantitative estimate of drug-likeness (QED) is 0.843. The zero-order chi connectivity index (χ0) is 15.4. The van der Waals surface area contributed by atoms with Gasteiger partial charge >= 0.3 is 5.97 Å². The van der Waals surface area contributed by atoms with Crippen molar-refractivity contribution in [2.45, 2.75) is 25.4 Å². The first kappa shape index (κ1) is 15.2. The largest absolute Gasteiger partial charge is 0.469 e. The summed E-state index contributed by atoms with van der Waals surface area (Å²) in [6.07, 6.45) is -0.407. The van der Waals surface area contributed by atoms with Crippen LogP contribution < -0.4 is 0 Å². The lowest BCUT2D eigenvalue weighted by molar-refractivity contribution is -0.140. The van der Waals surface area contributed by atoms with E-state index in [1.165, 1.54) is 7.11 Å². The summed E-state index contributed by atoms with van der Waals surface area (Å²) in [6, 6.07) is 9.39. The van der Waals surface area contributed by atoms with Gasteiger partial charge in [-0.1, -0.05) is 36.9 Å². The van der Waals surface area contributed by atoms with Crippen LogP contribution in [-0.4, -0.2) is 30.1 Å². The Balaban J connectivity index is 2.30. The summed E-state index contributed by atoms with van der Waals surface area (Å²) < 4.78 is 4.59. The van der Waals surface area contributed by atoms with Crippen LogP contribution in [0.5, 0.6) is 0 Å². The minimum atomic E-state index is -0.849. The van der Waals surface area contributed by atoms with E-state index in [1.807, 2.05) is 30.3 Å². The molecule has 0 aromatic heterocycles. The van der Waals surface area contributed by atoms with E-state index in [4.69, 9.17) is 0 Å². The number of Topliss-reactive ketones (excluding diaryl/α,β-unsaturated/α-hetero) is 1.